The molecule has 5 nitrogen and oxygen atoms in total. The van der Waals surface area contributed by atoms with Gasteiger partial charge in [-0.25, -0.2) is 0 Å². The van der Waals surface area contributed by atoms with Crippen LogP contribution >= 0.6 is 0 Å². The molecule has 0 heterocycles. The second kappa shape index (κ2) is 5.96. The molecule has 0 aliphatic carbocycles. The molecule has 0 aliphatic rings. The van der Waals surface area contributed by atoms with E-state index in [9.17, 15) is 13.2 Å². The molecule has 0 spiro atoms. The summed E-state index contributed by atoms with van der Waals surface area (Å²) in [5.41, 5.74) is 0. The monoisotopic (exact) mass is 191 g/mol. The van der Waals surface area contributed by atoms with Crippen molar-refractivity contribution in [3.8, 4) is 0 Å². The van der Waals surface area contributed by atoms with Crippen LogP contribution in [0.3, 0.4) is 0 Å². The maximum atomic E-state index is 10.3. The van der Waals surface area contributed by atoms with E-state index in [1.54, 1.807) is 0 Å². The minimum atomic E-state index is -4.17. The standard InChI is InChI=1S/C4H8O5S.Na/c1-2-4(5)9-3-10(6,7)8;/h2-3H2,1H3,(H,6,7,8);. The number of hydrogen-bond donors (Lipinski definition) is 1. The third-order valence-electron chi connectivity index (χ3n) is 0.658. The summed E-state index contributed by atoms with van der Waals surface area (Å²) in [6, 6.07) is 0. The Balaban J connectivity index is 0. The predicted octanol–water partition coefficient (Wildman–Crippen LogP) is -0.596. The zero-order chi connectivity index (χ0) is 8.20. The minimum Gasteiger partial charge on any atom is -0.447 e. The van der Waals surface area contributed by atoms with Crippen LogP contribution in [0.25, 0.3) is 0 Å². The van der Waals surface area contributed by atoms with E-state index >= 15 is 0 Å². The van der Waals surface area contributed by atoms with Crippen LogP contribution in [0.2, 0.25) is 0 Å². The first-order chi connectivity index (χ1) is 4.45. The van der Waals surface area contributed by atoms with Gasteiger partial charge < -0.3 is 4.74 Å². The van der Waals surface area contributed by atoms with Crippen molar-refractivity contribution in [3.63, 3.8) is 0 Å². The molecule has 1 radical (unpaired) electrons. The normalized spacial score (nSPS) is 10.0. The molecule has 0 atom stereocenters. The Labute approximate surface area is 87.2 Å². The van der Waals surface area contributed by atoms with Crippen LogP contribution in [0.1, 0.15) is 13.3 Å². The van der Waals surface area contributed by atoms with E-state index in [1.807, 2.05) is 0 Å². The van der Waals surface area contributed by atoms with Crippen molar-refractivity contribution >= 4 is 45.6 Å². The maximum absolute atomic E-state index is 10.3. The molecule has 0 rings (SSSR count). The van der Waals surface area contributed by atoms with Crippen LogP contribution in [-0.2, 0) is 19.6 Å². The Morgan fingerprint density at radius 3 is 2.27 bits per heavy atom. The molecule has 0 saturated carbocycles. The van der Waals surface area contributed by atoms with Crippen LogP contribution in [0.4, 0.5) is 0 Å². The van der Waals surface area contributed by atoms with Gasteiger partial charge in [0.1, 0.15) is 0 Å². The van der Waals surface area contributed by atoms with Gasteiger partial charge in [0.2, 0.25) is 5.94 Å². The van der Waals surface area contributed by atoms with Gasteiger partial charge in [0.25, 0.3) is 0 Å². The van der Waals surface area contributed by atoms with Gasteiger partial charge in [0.15, 0.2) is 0 Å². The predicted molar refractivity (Wildman–Crippen MR) is 38.6 cm³/mol. The minimum absolute atomic E-state index is 0. The first-order valence-electron chi connectivity index (χ1n) is 2.56. The van der Waals surface area contributed by atoms with Crippen molar-refractivity contribution in [2.45, 2.75) is 13.3 Å². The molecule has 0 saturated heterocycles. The second-order valence-electron chi connectivity index (χ2n) is 1.57. The molecule has 1 N–H and O–H groups in total. The quantitative estimate of drug-likeness (QED) is 0.366. The molecule has 7 heteroatoms. The molecule has 0 fully saturated rings. The van der Waals surface area contributed by atoms with E-state index in [0.717, 1.165) is 0 Å². The maximum Gasteiger partial charge on any atom is 0.306 e. The van der Waals surface area contributed by atoms with Crippen molar-refractivity contribution in [3.05, 3.63) is 0 Å². The van der Waals surface area contributed by atoms with E-state index in [-0.39, 0.29) is 36.0 Å². The molecule has 0 aliphatic heterocycles. The molecule has 0 aromatic heterocycles. The molecule has 11 heavy (non-hydrogen) atoms. The van der Waals surface area contributed by atoms with Crippen molar-refractivity contribution in [1.82, 2.24) is 0 Å². The number of hydrogen-bond acceptors (Lipinski definition) is 4. The van der Waals surface area contributed by atoms with Crippen LogP contribution in [-0.4, -0.2) is 54.4 Å². The summed E-state index contributed by atoms with van der Waals surface area (Å²) in [5, 5.41) is 0. The smallest absolute Gasteiger partial charge is 0.306 e. The van der Waals surface area contributed by atoms with Gasteiger partial charge in [-0.05, 0) is 0 Å². The van der Waals surface area contributed by atoms with E-state index in [4.69, 9.17) is 4.55 Å². The van der Waals surface area contributed by atoms with Gasteiger partial charge in [-0.15, -0.1) is 0 Å². The van der Waals surface area contributed by atoms with Gasteiger partial charge in [0.05, 0.1) is 0 Å². The molecule has 0 amide bonds. The van der Waals surface area contributed by atoms with E-state index in [0.29, 0.717) is 0 Å². The summed E-state index contributed by atoms with van der Waals surface area (Å²) in [6.07, 6.45) is 0.0928. The summed E-state index contributed by atoms with van der Waals surface area (Å²) in [6.45, 7) is 1.52. The molecule has 0 aromatic carbocycles. The topological polar surface area (TPSA) is 80.7 Å². The van der Waals surface area contributed by atoms with Gasteiger partial charge >= 0.3 is 16.1 Å². The summed E-state index contributed by atoms with van der Waals surface area (Å²) < 4.78 is 32.0. The van der Waals surface area contributed by atoms with Gasteiger partial charge in [-0.1, -0.05) is 6.92 Å². The average Bonchev–Trinajstić information content (AvgIpc) is 1.81. The number of ether oxygens (including phenoxy) is 1. The Kier molecular flexibility index (Phi) is 7.55. The van der Waals surface area contributed by atoms with Crippen LogP contribution < -0.4 is 0 Å². The average molecular weight is 191 g/mol. The molecule has 61 valence electrons. The Morgan fingerprint density at radius 1 is 1.55 bits per heavy atom. The first-order valence-corrected chi connectivity index (χ1v) is 4.17. The summed E-state index contributed by atoms with van der Waals surface area (Å²) in [4.78, 5) is 10.3. The Morgan fingerprint density at radius 2 is 2.00 bits per heavy atom. The zero-order valence-corrected chi connectivity index (χ0v) is 9.22. The number of carbonyl (C=O) groups is 1. The van der Waals surface area contributed by atoms with Gasteiger partial charge in [-0.3, -0.25) is 9.35 Å². The van der Waals surface area contributed by atoms with Crippen LogP contribution in [0.15, 0.2) is 0 Å². The molecule has 0 aromatic rings. The SMILES string of the molecule is CCC(=O)OCS(=O)(=O)O.[Na]. The van der Waals surface area contributed by atoms with E-state index < -0.39 is 22.0 Å². The van der Waals surface area contributed by atoms with Crippen molar-refractivity contribution in [2.24, 2.45) is 0 Å². The molecule has 0 unspecified atom stereocenters. The molecule has 0 bridgehead atoms. The Bertz CT molecular complexity index is 209. The van der Waals surface area contributed by atoms with E-state index in [1.165, 1.54) is 6.92 Å². The Hall–Kier alpha value is 0.380. The van der Waals surface area contributed by atoms with Crippen molar-refractivity contribution in [1.29, 1.82) is 0 Å². The summed E-state index contributed by atoms with van der Waals surface area (Å²) in [5.74, 6) is -1.61. The number of esters is 1. The fourth-order valence-corrected chi connectivity index (χ4v) is 0.523. The number of carbonyl (C=O) groups excluding carboxylic acids is 1. The summed E-state index contributed by atoms with van der Waals surface area (Å²) in [7, 11) is -4.17. The van der Waals surface area contributed by atoms with E-state index in [2.05, 4.69) is 4.74 Å². The zero-order valence-electron chi connectivity index (χ0n) is 6.40. The fraction of sp³-hybridized carbons (Fsp3) is 0.750. The summed E-state index contributed by atoms with van der Waals surface area (Å²) >= 11 is 0. The van der Waals surface area contributed by atoms with Gasteiger partial charge in [-0.2, -0.15) is 8.42 Å². The molecular weight excluding hydrogens is 183 g/mol. The molecular formula is C4H8NaO5S. The van der Waals surface area contributed by atoms with Crippen LogP contribution in [0, 0.1) is 0 Å². The van der Waals surface area contributed by atoms with Crippen molar-refractivity contribution in [2.75, 3.05) is 5.94 Å². The number of rotatable bonds is 3. The second-order valence-corrected chi connectivity index (χ2v) is 2.97. The third-order valence-corrected chi connectivity index (χ3v) is 1.07. The van der Waals surface area contributed by atoms with Gasteiger partial charge in [0, 0.05) is 36.0 Å². The van der Waals surface area contributed by atoms with Crippen LogP contribution in [0.5, 0.6) is 0 Å². The first kappa shape index (κ1) is 13.9. The fourth-order valence-electron chi connectivity index (χ4n) is 0.242. The largest absolute Gasteiger partial charge is 0.447 e. The third kappa shape index (κ3) is 10.4. The van der Waals surface area contributed by atoms with Crippen molar-refractivity contribution < 1.29 is 22.5 Å².